The first-order valence-electron chi connectivity index (χ1n) is 6.06. The topological polar surface area (TPSA) is 39.4 Å². The number of rotatable bonds is 2. The highest BCUT2D eigenvalue weighted by Crippen LogP contribution is 2.31. The first-order valence-corrected chi connectivity index (χ1v) is 6.85. The summed E-state index contributed by atoms with van der Waals surface area (Å²) in [6.45, 7) is 0. The second kappa shape index (κ2) is 5.13. The van der Waals surface area contributed by atoms with Crippen LogP contribution in [0.25, 0.3) is 22.1 Å². The minimum atomic E-state index is -0.347. The molecule has 0 saturated carbocycles. The summed E-state index contributed by atoms with van der Waals surface area (Å²) in [5.41, 5.74) is 1.57. The zero-order chi connectivity index (χ0) is 14.1. The van der Waals surface area contributed by atoms with E-state index in [1.165, 1.54) is 0 Å². The van der Waals surface area contributed by atoms with E-state index in [0.29, 0.717) is 16.9 Å². The fraction of sp³-hybridized carbons (Fsp3) is 0.0625. The number of hydrogen-bond acceptors (Lipinski definition) is 3. The molecule has 100 valence electrons. The Hall–Kier alpha value is -2.07. The van der Waals surface area contributed by atoms with Crippen LogP contribution in [0, 0.1) is 0 Å². The Morgan fingerprint density at radius 1 is 1.10 bits per heavy atom. The van der Waals surface area contributed by atoms with Crippen molar-refractivity contribution in [3.05, 3.63) is 63.4 Å². The Morgan fingerprint density at radius 3 is 2.55 bits per heavy atom. The summed E-state index contributed by atoms with van der Waals surface area (Å²) in [4.78, 5) is 12.1. The van der Waals surface area contributed by atoms with E-state index < -0.39 is 0 Å². The molecule has 2 aromatic carbocycles. The van der Waals surface area contributed by atoms with Crippen LogP contribution in [0.5, 0.6) is 5.75 Å². The van der Waals surface area contributed by atoms with E-state index in [2.05, 4.69) is 15.9 Å². The van der Waals surface area contributed by atoms with Gasteiger partial charge in [-0.25, -0.2) is 4.79 Å². The largest absolute Gasteiger partial charge is 0.496 e. The quantitative estimate of drug-likeness (QED) is 0.660. The molecule has 4 heteroatoms. The van der Waals surface area contributed by atoms with Gasteiger partial charge in [0, 0.05) is 5.39 Å². The van der Waals surface area contributed by atoms with Crippen molar-refractivity contribution in [2.24, 2.45) is 0 Å². The molecule has 0 radical (unpaired) electrons. The fourth-order valence-electron chi connectivity index (χ4n) is 2.10. The van der Waals surface area contributed by atoms with Gasteiger partial charge in [-0.2, -0.15) is 0 Å². The zero-order valence-electron chi connectivity index (χ0n) is 10.7. The summed E-state index contributed by atoms with van der Waals surface area (Å²) < 4.78 is 11.4. The minimum Gasteiger partial charge on any atom is -0.496 e. The highest BCUT2D eigenvalue weighted by Gasteiger charge is 2.10. The van der Waals surface area contributed by atoms with Gasteiger partial charge in [0.2, 0.25) is 0 Å². The zero-order valence-corrected chi connectivity index (χ0v) is 12.3. The molecule has 20 heavy (non-hydrogen) atoms. The lowest BCUT2D eigenvalue weighted by molar-refractivity contribution is 0.412. The van der Waals surface area contributed by atoms with Crippen molar-refractivity contribution in [1.82, 2.24) is 0 Å². The van der Waals surface area contributed by atoms with Crippen LogP contribution in [0.4, 0.5) is 0 Å². The number of halogens is 1. The number of methoxy groups -OCH3 is 1. The Bertz CT molecular complexity index is 822. The number of hydrogen-bond donors (Lipinski definition) is 0. The van der Waals surface area contributed by atoms with E-state index in [4.69, 9.17) is 9.15 Å². The van der Waals surface area contributed by atoms with Crippen LogP contribution < -0.4 is 10.4 Å². The third kappa shape index (κ3) is 2.23. The van der Waals surface area contributed by atoms with Gasteiger partial charge in [-0.1, -0.05) is 30.3 Å². The van der Waals surface area contributed by atoms with Gasteiger partial charge in [0.1, 0.15) is 11.3 Å². The van der Waals surface area contributed by atoms with Gasteiger partial charge in [-0.05, 0) is 39.7 Å². The normalized spacial score (nSPS) is 10.7. The maximum absolute atomic E-state index is 12.1. The van der Waals surface area contributed by atoms with Crippen LogP contribution in [0.15, 0.2) is 62.2 Å². The molecule has 0 saturated heterocycles. The number of benzene rings is 2. The standard InChI is InChI=1S/C16H11BrO3/c1-19-15-8-11-7-12(10-5-3-2-4-6-10)16(18)20-14(11)9-13(15)17/h2-9H,1H3. The van der Waals surface area contributed by atoms with Gasteiger partial charge in [-0.15, -0.1) is 0 Å². The Balaban J connectivity index is 2.28. The molecule has 0 atom stereocenters. The highest BCUT2D eigenvalue weighted by molar-refractivity contribution is 9.10. The van der Waals surface area contributed by atoms with Crippen molar-refractivity contribution in [2.45, 2.75) is 0 Å². The predicted molar refractivity (Wildman–Crippen MR) is 82.2 cm³/mol. The molecule has 1 aromatic heterocycles. The molecule has 0 N–H and O–H groups in total. The predicted octanol–water partition coefficient (Wildman–Crippen LogP) is 4.23. The Labute approximate surface area is 123 Å². The van der Waals surface area contributed by atoms with E-state index in [1.54, 1.807) is 13.2 Å². The van der Waals surface area contributed by atoms with Crippen LogP contribution in [-0.2, 0) is 0 Å². The van der Waals surface area contributed by atoms with Crippen LogP contribution in [0.1, 0.15) is 0 Å². The van der Waals surface area contributed by atoms with Crippen molar-refractivity contribution in [3.8, 4) is 16.9 Å². The van der Waals surface area contributed by atoms with Gasteiger partial charge < -0.3 is 9.15 Å². The third-order valence-corrected chi connectivity index (χ3v) is 3.71. The lowest BCUT2D eigenvalue weighted by atomic mass is 10.1. The monoisotopic (exact) mass is 330 g/mol. The second-order valence-electron chi connectivity index (χ2n) is 4.34. The summed E-state index contributed by atoms with van der Waals surface area (Å²) in [6.07, 6.45) is 0. The van der Waals surface area contributed by atoms with Crippen molar-refractivity contribution in [2.75, 3.05) is 7.11 Å². The molecule has 0 spiro atoms. The summed E-state index contributed by atoms with van der Waals surface area (Å²) in [7, 11) is 1.60. The first kappa shape index (κ1) is 12.9. The van der Waals surface area contributed by atoms with Gasteiger partial charge in [0.05, 0.1) is 17.1 Å². The summed E-state index contributed by atoms with van der Waals surface area (Å²) in [5.74, 6) is 0.699. The van der Waals surface area contributed by atoms with Crippen molar-refractivity contribution in [1.29, 1.82) is 0 Å². The fourth-order valence-corrected chi connectivity index (χ4v) is 2.58. The molecule has 0 fully saturated rings. The average Bonchev–Trinajstić information content (AvgIpc) is 2.47. The number of ether oxygens (including phenoxy) is 1. The van der Waals surface area contributed by atoms with Crippen molar-refractivity contribution in [3.63, 3.8) is 0 Å². The molecule has 0 aliphatic heterocycles. The Morgan fingerprint density at radius 2 is 1.85 bits per heavy atom. The van der Waals surface area contributed by atoms with Crippen LogP contribution in [-0.4, -0.2) is 7.11 Å². The molecule has 3 aromatic rings. The average molecular weight is 331 g/mol. The van der Waals surface area contributed by atoms with Crippen LogP contribution >= 0.6 is 15.9 Å². The smallest absolute Gasteiger partial charge is 0.344 e. The van der Waals surface area contributed by atoms with Crippen molar-refractivity contribution < 1.29 is 9.15 Å². The van der Waals surface area contributed by atoms with Crippen LogP contribution in [0.2, 0.25) is 0 Å². The van der Waals surface area contributed by atoms with Crippen LogP contribution in [0.3, 0.4) is 0 Å². The lowest BCUT2D eigenvalue weighted by Gasteiger charge is -2.06. The molecular formula is C16H11BrO3. The van der Waals surface area contributed by atoms with E-state index in [-0.39, 0.29) is 5.63 Å². The number of fused-ring (bicyclic) bond motifs is 1. The molecule has 3 rings (SSSR count). The Kier molecular flexibility index (Phi) is 3.32. The molecule has 0 amide bonds. The SMILES string of the molecule is COc1cc2cc(-c3ccccc3)c(=O)oc2cc1Br. The highest BCUT2D eigenvalue weighted by atomic mass is 79.9. The molecule has 1 heterocycles. The van der Waals surface area contributed by atoms with Gasteiger partial charge in [-0.3, -0.25) is 0 Å². The molecule has 3 nitrogen and oxygen atoms in total. The first-order chi connectivity index (χ1) is 9.69. The molecule has 0 aliphatic carbocycles. The molecule has 0 unspecified atom stereocenters. The van der Waals surface area contributed by atoms with Gasteiger partial charge >= 0.3 is 5.63 Å². The van der Waals surface area contributed by atoms with E-state index in [1.807, 2.05) is 42.5 Å². The summed E-state index contributed by atoms with van der Waals surface area (Å²) in [5, 5.41) is 0.823. The summed E-state index contributed by atoms with van der Waals surface area (Å²) in [6, 6.07) is 14.9. The second-order valence-corrected chi connectivity index (χ2v) is 5.19. The maximum Gasteiger partial charge on any atom is 0.344 e. The summed E-state index contributed by atoms with van der Waals surface area (Å²) >= 11 is 3.38. The molecule has 0 aliphatic rings. The van der Waals surface area contributed by atoms with E-state index >= 15 is 0 Å². The van der Waals surface area contributed by atoms with Gasteiger partial charge in [0.15, 0.2) is 0 Å². The van der Waals surface area contributed by atoms with Gasteiger partial charge in [0.25, 0.3) is 0 Å². The van der Waals surface area contributed by atoms with Crippen molar-refractivity contribution >= 4 is 26.9 Å². The molecular weight excluding hydrogens is 320 g/mol. The maximum atomic E-state index is 12.1. The van der Waals surface area contributed by atoms with E-state index in [0.717, 1.165) is 15.4 Å². The molecule has 0 bridgehead atoms. The van der Waals surface area contributed by atoms with E-state index in [9.17, 15) is 4.79 Å². The third-order valence-electron chi connectivity index (χ3n) is 3.09. The lowest BCUT2D eigenvalue weighted by Crippen LogP contribution is -2.02. The minimum absolute atomic E-state index is 0.347.